The van der Waals surface area contributed by atoms with Crippen LogP contribution in [0.25, 0.3) is 0 Å². The minimum absolute atomic E-state index is 0.167. The molecule has 0 atom stereocenters. The van der Waals surface area contributed by atoms with Crippen molar-refractivity contribution in [3.05, 3.63) is 63.4 Å². The van der Waals surface area contributed by atoms with Gasteiger partial charge in [0.05, 0.1) is 25.4 Å². The summed E-state index contributed by atoms with van der Waals surface area (Å²) in [5, 5.41) is 19.8. The Morgan fingerprint density at radius 2 is 2.15 bits per heavy atom. The normalized spacial score (nSPS) is 12.6. The number of nitriles is 1. The Kier molecular flexibility index (Phi) is 7.13. The van der Waals surface area contributed by atoms with Gasteiger partial charge in [0.15, 0.2) is 0 Å². The maximum atomic E-state index is 12.6. The number of fused-ring (bicyclic) bond motifs is 1. The molecule has 4 rings (SSSR count). The molecule has 3 amide bonds. The average Bonchev–Trinajstić information content (AvgIpc) is 3.42. The second kappa shape index (κ2) is 10.4. The number of methoxy groups -OCH3 is 1. The molecular weight excluding hydrogens is 454 g/mol. The highest BCUT2D eigenvalue weighted by Gasteiger charge is 2.27. The lowest BCUT2D eigenvalue weighted by Crippen LogP contribution is -2.42. The molecular formula is C24H25N5O4S. The summed E-state index contributed by atoms with van der Waals surface area (Å²) < 4.78 is 10.4. The first-order valence-electron chi connectivity index (χ1n) is 10.9. The lowest BCUT2D eigenvalue weighted by atomic mass is 10.0. The Balaban J connectivity index is 1.38. The number of rotatable bonds is 7. The Morgan fingerprint density at radius 3 is 2.88 bits per heavy atom. The van der Waals surface area contributed by atoms with E-state index in [0.717, 1.165) is 27.3 Å². The third kappa shape index (κ3) is 5.05. The summed E-state index contributed by atoms with van der Waals surface area (Å²) in [4.78, 5) is 27.9. The summed E-state index contributed by atoms with van der Waals surface area (Å²) >= 11 is 1.36. The topological polar surface area (TPSA) is 120 Å². The Labute approximate surface area is 201 Å². The van der Waals surface area contributed by atoms with Crippen LogP contribution in [0.15, 0.2) is 35.0 Å². The van der Waals surface area contributed by atoms with Gasteiger partial charge in [-0.1, -0.05) is 23.4 Å². The molecule has 176 valence electrons. The van der Waals surface area contributed by atoms with Crippen LogP contribution in [0.2, 0.25) is 0 Å². The van der Waals surface area contributed by atoms with Crippen LogP contribution in [0.4, 0.5) is 9.80 Å². The van der Waals surface area contributed by atoms with Gasteiger partial charge in [0, 0.05) is 30.0 Å². The fourth-order valence-electron chi connectivity index (χ4n) is 3.90. The van der Waals surface area contributed by atoms with Crippen molar-refractivity contribution in [3.63, 3.8) is 0 Å². The smallest absolute Gasteiger partial charge is 0.318 e. The van der Waals surface area contributed by atoms with E-state index in [1.165, 1.54) is 11.3 Å². The van der Waals surface area contributed by atoms with E-state index < -0.39 is 0 Å². The number of nitrogens with zero attached hydrogens (tertiary/aromatic N) is 3. The highest BCUT2D eigenvalue weighted by molar-refractivity contribution is 7.16. The van der Waals surface area contributed by atoms with Gasteiger partial charge in [-0.3, -0.25) is 4.79 Å². The molecule has 0 saturated heterocycles. The third-order valence-electron chi connectivity index (χ3n) is 5.80. The molecule has 0 radical (unpaired) electrons. The largest absolute Gasteiger partial charge is 0.496 e. The van der Waals surface area contributed by atoms with Gasteiger partial charge in [0.1, 0.15) is 22.6 Å². The molecule has 34 heavy (non-hydrogen) atoms. The van der Waals surface area contributed by atoms with Crippen molar-refractivity contribution in [2.75, 3.05) is 19.0 Å². The first-order valence-corrected chi connectivity index (χ1v) is 11.7. The van der Waals surface area contributed by atoms with Crippen molar-refractivity contribution in [3.8, 4) is 11.8 Å². The van der Waals surface area contributed by atoms with Gasteiger partial charge in [0.2, 0.25) is 5.91 Å². The van der Waals surface area contributed by atoms with Crippen molar-refractivity contribution < 1.29 is 18.8 Å². The van der Waals surface area contributed by atoms with E-state index in [2.05, 4.69) is 21.9 Å². The molecule has 1 aliphatic rings. The summed E-state index contributed by atoms with van der Waals surface area (Å²) in [5.41, 5.74) is 3.18. The number of para-hydroxylation sites is 1. The van der Waals surface area contributed by atoms with Gasteiger partial charge in [-0.15, -0.1) is 11.3 Å². The van der Waals surface area contributed by atoms with Gasteiger partial charge in [-0.25, -0.2) is 4.79 Å². The molecule has 0 bridgehead atoms. The van der Waals surface area contributed by atoms with E-state index in [-0.39, 0.29) is 18.4 Å². The minimum Gasteiger partial charge on any atom is -0.496 e. The highest BCUT2D eigenvalue weighted by Crippen LogP contribution is 2.36. The molecule has 0 saturated carbocycles. The van der Waals surface area contributed by atoms with Crippen molar-refractivity contribution in [1.29, 1.82) is 5.26 Å². The molecule has 9 nitrogen and oxygen atoms in total. The van der Waals surface area contributed by atoms with E-state index in [0.29, 0.717) is 48.8 Å². The number of aryl methyl sites for hydroxylation is 2. The van der Waals surface area contributed by atoms with Crippen LogP contribution < -0.4 is 15.4 Å². The van der Waals surface area contributed by atoms with Gasteiger partial charge in [0.25, 0.3) is 0 Å². The maximum absolute atomic E-state index is 12.6. The van der Waals surface area contributed by atoms with Crippen LogP contribution in [-0.4, -0.2) is 35.6 Å². The zero-order chi connectivity index (χ0) is 24.1. The number of carbonyl (C=O) groups is 2. The number of benzene rings is 1. The number of thiophene rings is 1. The number of aromatic nitrogens is 1. The second-order valence-electron chi connectivity index (χ2n) is 7.92. The summed E-state index contributed by atoms with van der Waals surface area (Å²) in [5.74, 6) is 1.25. The van der Waals surface area contributed by atoms with E-state index in [1.54, 1.807) is 25.1 Å². The van der Waals surface area contributed by atoms with Gasteiger partial charge in [-0.2, -0.15) is 5.26 Å². The van der Waals surface area contributed by atoms with Crippen LogP contribution >= 0.6 is 11.3 Å². The Morgan fingerprint density at radius 1 is 1.32 bits per heavy atom. The van der Waals surface area contributed by atoms with Gasteiger partial charge < -0.3 is 24.8 Å². The summed E-state index contributed by atoms with van der Waals surface area (Å²) in [6.07, 6.45) is 2.95. The van der Waals surface area contributed by atoms with Crippen molar-refractivity contribution in [2.45, 2.75) is 39.3 Å². The molecule has 0 aliphatic carbocycles. The Bertz CT molecular complexity index is 1240. The van der Waals surface area contributed by atoms with E-state index in [9.17, 15) is 14.9 Å². The summed E-state index contributed by atoms with van der Waals surface area (Å²) in [6.45, 7) is 3.01. The minimum atomic E-state index is -0.194. The molecule has 3 aromatic rings. The van der Waals surface area contributed by atoms with E-state index in [4.69, 9.17) is 9.26 Å². The molecule has 0 unspecified atom stereocenters. The first kappa shape index (κ1) is 23.3. The third-order valence-corrected chi connectivity index (χ3v) is 6.94. The predicted molar refractivity (Wildman–Crippen MR) is 127 cm³/mol. The standard InChI is InChI=1S/C24H25N5O4S/c1-15-17(13-27-33-15)12-26-24(31)29-10-9-18-19(11-25)23(34-21(18)14-29)28-22(30)8-7-16-5-3-4-6-20(16)32-2/h3-6,13H,7-10,12,14H2,1-2H3,(H,26,31)(H,28,30). The molecule has 10 heteroatoms. The monoisotopic (exact) mass is 479 g/mol. The van der Waals surface area contributed by atoms with Crippen molar-refractivity contribution in [1.82, 2.24) is 15.4 Å². The number of urea groups is 1. The maximum Gasteiger partial charge on any atom is 0.318 e. The summed E-state index contributed by atoms with van der Waals surface area (Å²) in [6, 6.07) is 9.63. The van der Waals surface area contributed by atoms with Crippen molar-refractivity contribution in [2.24, 2.45) is 0 Å². The van der Waals surface area contributed by atoms with Crippen LogP contribution in [0.1, 0.15) is 39.3 Å². The van der Waals surface area contributed by atoms with Crippen molar-refractivity contribution >= 4 is 28.3 Å². The molecule has 1 aliphatic heterocycles. The van der Waals surface area contributed by atoms with Crippen LogP contribution in [-0.2, 0) is 30.7 Å². The lowest BCUT2D eigenvalue weighted by Gasteiger charge is -2.27. The number of hydrogen-bond acceptors (Lipinski definition) is 7. The number of amides is 3. The first-order chi connectivity index (χ1) is 16.5. The van der Waals surface area contributed by atoms with Crippen LogP contribution in [0, 0.1) is 18.3 Å². The fraction of sp³-hybridized carbons (Fsp3) is 0.333. The number of carbonyl (C=O) groups excluding carboxylic acids is 2. The fourth-order valence-corrected chi connectivity index (χ4v) is 5.13. The van der Waals surface area contributed by atoms with Crippen LogP contribution in [0.5, 0.6) is 5.75 Å². The number of anilines is 1. The zero-order valence-electron chi connectivity index (χ0n) is 19.0. The van der Waals surface area contributed by atoms with E-state index >= 15 is 0 Å². The molecule has 2 aromatic heterocycles. The molecule has 1 aromatic carbocycles. The summed E-state index contributed by atoms with van der Waals surface area (Å²) in [7, 11) is 1.60. The average molecular weight is 480 g/mol. The van der Waals surface area contributed by atoms with Gasteiger partial charge >= 0.3 is 6.03 Å². The number of nitrogens with one attached hydrogen (secondary N) is 2. The molecule has 0 fully saturated rings. The molecule has 3 heterocycles. The SMILES string of the molecule is COc1ccccc1CCC(=O)Nc1sc2c(c1C#N)CCN(C(=O)NCc1cnoc1C)C2. The molecule has 2 N–H and O–H groups in total. The highest BCUT2D eigenvalue weighted by atomic mass is 32.1. The lowest BCUT2D eigenvalue weighted by molar-refractivity contribution is -0.116. The van der Waals surface area contributed by atoms with Gasteiger partial charge in [-0.05, 0) is 37.0 Å². The quantitative estimate of drug-likeness (QED) is 0.532. The Hall–Kier alpha value is -3.84. The van der Waals surface area contributed by atoms with Crippen LogP contribution in [0.3, 0.4) is 0 Å². The zero-order valence-corrected chi connectivity index (χ0v) is 19.8. The van der Waals surface area contributed by atoms with E-state index in [1.807, 2.05) is 24.3 Å². The predicted octanol–water partition coefficient (Wildman–Crippen LogP) is 3.76. The number of hydrogen-bond donors (Lipinski definition) is 2. The molecule has 0 spiro atoms. The second-order valence-corrected chi connectivity index (χ2v) is 9.02. The number of ether oxygens (including phenoxy) is 1.